The first kappa shape index (κ1) is 27.1. The third-order valence-corrected chi connectivity index (χ3v) is 5.47. The van der Waals surface area contributed by atoms with Gasteiger partial charge in [-0.05, 0) is 12.1 Å². The molecule has 2 rings (SSSR count). The van der Waals surface area contributed by atoms with Crippen LogP contribution < -0.4 is 0 Å². The number of hydrogen-bond donors (Lipinski definition) is 4. The number of phenolic OH excluding ortho intramolecular Hbond substituents is 2. The zero-order valence-corrected chi connectivity index (χ0v) is 19.3. The molecule has 0 heterocycles. The first-order valence-electron chi connectivity index (χ1n) is 10.7. The molecule has 186 valence electrons. The number of para-hydroxylation sites is 2. The van der Waals surface area contributed by atoms with E-state index in [9.17, 15) is 30.0 Å². The lowest BCUT2D eigenvalue weighted by molar-refractivity contribution is -0.151. The lowest BCUT2D eigenvalue weighted by Gasteiger charge is -2.30. The van der Waals surface area contributed by atoms with Crippen molar-refractivity contribution in [1.82, 2.24) is 9.80 Å². The summed E-state index contributed by atoms with van der Waals surface area (Å²) in [5.74, 6) is -2.04. The van der Waals surface area contributed by atoms with Crippen molar-refractivity contribution < 1.29 is 39.5 Å². The number of carboxylic acids is 2. The first-order chi connectivity index (χ1) is 16.2. The molecule has 0 bridgehead atoms. The van der Waals surface area contributed by atoms with Crippen LogP contribution in [0.15, 0.2) is 48.5 Å². The van der Waals surface area contributed by atoms with Crippen molar-refractivity contribution in [2.45, 2.75) is 25.3 Å². The van der Waals surface area contributed by atoms with E-state index < -0.39 is 24.1 Å². The van der Waals surface area contributed by atoms with Gasteiger partial charge in [-0.2, -0.15) is 0 Å². The number of nitrogens with zero attached hydrogens (tertiary/aromatic N) is 2. The summed E-state index contributed by atoms with van der Waals surface area (Å²) in [4.78, 5) is 26.7. The molecule has 10 heteroatoms. The van der Waals surface area contributed by atoms with E-state index in [4.69, 9.17) is 9.47 Å². The van der Waals surface area contributed by atoms with Gasteiger partial charge in [0.1, 0.15) is 11.5 Å². The fourth-order valence-corrected chi connectivity index (χ4v) is 3.50. The van der Waals surface area contributed by atoms with Crippen LogP contribution in [0.25, 0.3) is 0 Å². The van der Waals surface area contributed by atoms with Crippen molar-refractivity contribution in [3.8, 4) is 11.5 Å². The van der Waals surface area contributed by atoms with Crippen LogP contribution in [-0.2, 0) is 32.2 Å². The van der Waals surface area contributed by atoms with Gasteiger partial charge in [0.2, 0.25) is 0 Å². The summed E-state index contributed by atoms with van der Waals surface area (Å²) in [6, 6.07) is 13.5. The zero-order valence-electron chi connectivity index (χ0n) is 19.3. The number of carboxylic acid groups (broad SMARTS) is 2. The normalized spacial score (nSPS) is 13.2. The smallest absolute Gasteiger partial charge is 0.334 e. The number of ether oxygens (including phenoxy) is 2. The van der Waals surface area contributed by atoms with Crippen molar-refractivity contribution in [2.24, 2.45) is 0 Å². The highest BCUT2D eigenvalue weighted by molar-refractivity contribution is 5.73. The maximum absolute atomic E-state index is 11.5. The van der Waals surface area contributed by atoms with Crippen LogP contribution in [-0.4, -0.2) is 94.8 Å². The fourth-order valence-electron chi connectivity index (χ4n) is 3.50. The molecule has 0 aliphatic rings. The van der Waals surface area contributed by atoms with E-state index in [0.29, 0.717) is 24.2 Å². The average Bonchev–Trinajstić information content (AvgIpc) is 2.80. The average molecular weight is 477 g/mol. The third kappa shape index (κ3) is 8.31. The highest BCUT2D eigenvalue weighted by Crippen LogP contribution is 2.20. The molecule has 0 saturated carbocycles. The minimum atomic E-state index is -1.11. The molecule has 0 fully saturated rings. The Morgan fingerprint density at radius 2 is 1.09 bits per heavy atom. The van der Waals surface area contributed by atoms with Crippen LogP contribution in [0.3, 0.4) is 0 Å². The van der Waals surface area contributed by atoms with Crippen molar-refractivity contribution in [3.63, 3.8) is 0 Å². The van der Waals surface area contributed by atoms with E-state index in [1.165, 1.54) is 14.2 Å². The molecule has 2 unspecified atom stereocenters. The molecule has 2 aromatic rings. The standard InChI is InChI=1S/C24H32N2O8/c1-33-21(23(29)30)15-25(13-17-7-3-5-9-19(17)27)11-12-26(16-22(34-2)24(31)32)14-18-8-4-6-10-20(18)28/h3-10,21-22,27-28H,11-16H2,1-2H3,(H,29,30)(H,31,32). The summed E-state index contributed by atoms with van der Waals surface area (Å²) < 4.78 is 10.2. The Balaban J connectivity index is 2.22. The molecule has 0 aromatic heterocycles. The molecule has 2 aromatic carbocycles. The van der Waals surface area contributed by atoms with E-state index in [-0.39, 0.29) is 37.7 Å². The molecule has 10 nitrogen and oxygen atoms in total. The zero-order chi connectivity index (χ0) is 25.1. The van der Waals surface area contributed by atoms with Crippen LogP contribution >= 0.6 is 0 Å². The topological polar surface area (TPSA) is 140 Å². The summed E-state index contributed by atoms with van der Waals surface area (Å²) >= 11 is 0. The molecule has 0 spiro atoms. The molecule has 0 aliphatic heterocycles. The fraction of sp³-hybridized carbons (Fsp3) is 0.417. The van der Waals surface area contributed by atoms with Crippen molar-refractivity contribution >= 4 is 11.9 Å². The highest BCUT2D eigenvalue weighted by Gasteiger charge is 2.24. The van der Waals surface area contributed by atoms with Gasteiger partial charge in [0, 0.05) is 64.6 Å². The lowest BCUT2D eigenvalue weighted by atomic mass is 10.1. The van der Waals surface area contributed by atoms with Gasteiger partial charge in [0.15, 0.2) is 12.2 Å². The van der Waals surface area contributed by atoms with E-state index in [1.807, 2.05) is 9.80 Å². The van der Waals surface area contributed by atoms with Crippen molar-refractivity contribution in [1.29, 1.82) is 0 Å². The SMILES string of the molecule is COC(CN(CCN(Cc1ccccc1O)CC(OC)C(=O)O)Cc1ccccc1O)C(=O)O. The summed E-state index contributed by atoms with van der Waals surface area (Å²) in [6.07, 6.45) is -2.16. The molecular weight excluding hydrogens is 444 g/mol. The number of phenols is 2. The summed E-state index contributed by atoms with van der Waals surface area (Å²) in [5.41, 5.74) is 1.24. The number of rotatable bonds is 15. The first-order valence-corrected chi connectivity index (χ1v) is 10.7. The minimum absolute atomic E-state index is 0.0528. The number of carbonyl (C=O) groups is 2. The third-order valence-electron chi connectivity index (χ3n) is 5.47. The van der Waals surface area contributed by atoms with Gasteiger partial charge >= 0.3 is 11.9 Å². The maximum atomic E-state index is 11.5. The van der Waals surface area contributed by atoms with Gasteiger partial charge in [-0.25, -0.2) is 9.59 Å². The Labute approximate surface area is 198 Å². The molecule has 0 amide bonds. The van der Waals surface area contributed by atoms with Gasteiger partial charge in [0.25, 0.3) is 0 Å². The second-order valence-corrected chi connectivity index (χ2v) is 7.85. The maximum Gasteiger partial charge on any atom is 0.334 e. The molecule has 34 heavy (non-hydrogen) atoms. The van der Waals surface area contributed by atoms with E-state index in [0.717, 1.165) is 0 Å². The molecule has 0 aliphatic carbocycles. The van der Waals surface area contributed by atoms with Crippen molar-refractivity contribution in [2.75, 3.05) is 40.4 Å². The van der Waals surface area contributed by atoms with Gasteiger partial charge in [-0.15, -0.1) is 0 Å². The Hall–Kier alpha value is -3.18. The second kappa shape index (κ2) is 13.5. The van der Waals surface area contributed by atoms with Crippen molar-refractivity contribution in [3.05, 3.63) is 59.7 Å². The number of aromatic hydroxyl groups is 2. The number of hydrogen-bond acceptors (Lipinski definition) is 8. The van der Waals surface area contributed by atoms with Gasteiger partial charge in [-0.3, -0.25) is 9.80 Å². The molecule has 4 N–H and O–H groups in total. The Morgan fingerprint density at radius 1 is 0.735 bits per heavy atom. The Kier molecular flexibility index (Phi) is 10.8. The summed E-state index contributed by atoms with van der Waals surface area (Å²) in [5, 5.41) is 39.2. The molecule has 2 atom stereocenters. The lowest BCUT2D eigenvalue weighted by Crippen LogP contribution is -2.44. The minimum Gasteiger partial charge on any atom is -0.508 e. The van der Waals surface area contributed by atoms with E-state index in [2.05, 4.69) is 0 Å². The number of methoxy groups -OCH3 is 2. The van der Waals surface area contributed by atoms with Gasteiger partial charge < -0.3 is 29.9 Å². The summed E-state index contributed by atoms with van der Waals surface area (Å²) in [7, 11) is 2.63. The Bertz CT molecular complexity index is 863. The largest absolute Gasteiger partial charge is 0.508 e. The number of aliphatic carboxylic acids is 2. The predicted octanol–water partition coefficient (Wildman–Crippen LogP) is 1.60. The van der Waals surface area contributed by atoms with Crippen LogP contribution in [0.1, 0.15) is 11.1 Å². The van der Waals surface area contributed by atoms with Crippen LogP contribution in [0.5, 0.6) is 11.5 Å². The van der Waals surface area contributed by atoms with Crippen LogP contribution in [0, 0.1) is 0 Å². The quantitative estimate of drug-likeness (QED) is 0.300. The highest BCUT2D eigenvalue weighted by atomic mass is 16.5. The monoisotopic (exact) mass is 476 g/mol. The molecule has 0 saturated heterocycles. The van der Waals surface area contributed by atoms with Crippen LogP contribution in [0.2, 0.25) is 0 Å². The van der Waals surface area contributed by atoms with E-state index in [1.54, 1.807) is 48.5 Å². The van der Waals surface area contributed by atoms with Crippen LogP contribution in [0.4, 0.5) is 0 Å². The summed E-state index contributed by atoms with van der Waals surface area (Å²) in [6.45, 7) is 1.30. The molecule has 0 radical (unpaired) electrons. The van der Waals surface area contributed by atoms with Gasteiger partial charge in [0.05, 0.1) is 0 Å². The molecular formula is C24H32N2O8. The second-order valence-electron chi connectivity index (χ2n) is 7.85. The van der Waals surface area contributed by atoms with Gasteiger partial charge in [-0.1, -0.05) is 36.4 Å². The predicted molar refractivity (Wildman–Crippen MR) is 124 cm³/mol. The van der Waals surface area contributed by atoms with E-state index >= 15 is 0 Å². The number of benzene rings is 2. The Morgan fingerprint density at radius 3 is 1.38 bits per heavy atom.